The molecule has 1 aromatic rings. The third kappa shape index (κ3) is 6.21. The average Bonchev–Trinajstić information content (AvgIpc) is 2.41. The molecular formula is C14H21N3O4S. The molecule has 0 aromatic heterocycles. The van der Waals surface area contributed by atoms with Gasteiger partial charge in [0.05, 0.1) is 4.92 Å². The molecule has 0 spiro atoms. The van der Waals surface area contributed by atoms with Crippen LogP contribution < -0.4 is 10.6 Å². The molecule has 2 N–H and O–H groups in total. The molecule has 0 fully saturated rings. The van der Waals surface area contributed by atoms with Gasteiger partial charge in [-0.3, -0.25) is 10.1 Å². The van der Waals surface area contributed by atoms with Crippen molar-refractivity contribution in [2.24, 2.45) is 0 Å². The number of rotatable bonds is 6. The highest BCUT2D eigenvalue weighted by Crippen LogP contribution is 2.28. The molecule has 0 aliphatic rings. The zero-order chi connectivity index (χ0) is 16.8. The molecule has 0 unspecified atom stereocenters. The number of thioether (sulfide) groups is 1. The van der Waals surface area contributed by atoms with Gasteiger partial charge in [0, 0.05) is 24.1 Å². The summed E-state index contributed by atoms with van der Waals surface area (Å²) in [7, 11) is 0. The monoisotopic (exact) mass is 327 g/mol. The van der Waals surface area contributed by atoms with Crippen LogP contribution in [0, 0.1) is 10.1 Å². The van der Waals surface area contributed by atoms with Gasteiger partial charge in [0.15, 0.2) is 0 Å². The molecular weight excluding hydrogens is 306 g/mol. The summed E-state index contributed by atoms with van der Waals surface area (Å²) in [5.41, 5.74) is -0.110. The van der Waals surface area contributed by atoms with Crippen molar-refractivity contribution in [3.05, 3.63) is 28.3 Å². The molecule has 1 aromatic carbocycles. The van der Waals surface area contributed by atoms with Crippen LogP contribution in [-0.4, -0.2) is 36.0 Å². The lowest BCUT2D eigenvalue weighted by Crippen LogP contribution is -2.35. The minimum absolute atomic E-state index is 0.00932. The van der Waals surface area contributed by atoms with E-state index in [1.807, 2.05) is 6.26 Å². The summed E-state index contributed by atoms with van der Waals surface area (Å²) in [5, 5.41) is 16.5. The lowest BCUT2D eigenvalue weighted by Gasteiger charge is -2.19. The number of carbonyl (C=O) groups excluding carboxylic acids is 1. The Morgan fingerprint density at radius 1 is 1.36 bits per heavy atom. The van der Waals surface area contributed by atoms with Gasteiger partial charge >= 0.3 is 6.09 Å². The van der Waals surface area contributed by atoms with Crippen molar-refractivity contribution in [1.82, 2.24) is 5.32 Å². The number of carbonyl (C=O) groups is 1. The molecule has 8 heteroatoms. The maximum atomic E-state index is 11.5. The molecule has 0 aliphatic carbocycles. The lowest BCUT2D eigenvalue weighted by atomic mass is 10.2. The minimum Gasteiger partial charge on any atom is -0.444 e. The van der Waals surface area contributed by atoms with Crippen molar-refractivity contribution < 1.29 is 14.5 Å². The molecule has 22 heavy (non-hydrogen) atoms. The Hall–Kier alpha value is -1.96. The largest absolute Gasteiger partial charge is 0.444 e. The van der Waals surface area contributed by atoms with Crippen LogP contribution in [0.4, 0.5) is 16.2 Å². The Balaban J connectivity index is 2.54. The summed E-state index contributed by atoms with van der Waals surface area (Å²) in [6.07, 6.45) is 1.39. The van der Waals surface area contributed by atoms with Gasteiger partial charge in [0.2, 0.25) is 0 Å². The number of hydrogen-bond acceptors (Lipinski definition) is 6. The number of anilines is 1. The van der Waals surface area contributed by atoms with Crippen LogP contribution in [0.2, 0.25) is 0 Å². The summed E-state index contributed by atoms with van der Waals surface area (Å²) in [4.78, 5) is 22.9. The molecule has 7 nitrogen and oxygen atoms in total. The number of alkyl carbamates (subject to hydrolysis) is 1. The van der Waals surface area contributed by atoms with Gasteiger partial charge in [-0.05, 0) is 39.2 Å². The second-order valence-electron chi connectivity index (χ2n) is 5.50. The molecule has 122 valence electrons. The Morgan fingerprint density at radius 2 is 2.05 bits per heavy atom. The van der Waals surface area contributed by atoms with Gasteiger partial charge in [0.25, 0.3) is 5.69 Å². The third-order valence-electron chi connectivity index (χ3n) is 2.51. The van der Waals surface area contributed by atoms with Crippen molar-refractivity contribution in [1.29, 1.82) is 0 Å². The van der Waals surface area contributed by atoms with Gasteiger partial charge < -0.3 is 15.4 Å². The van der Waals surface area contributed by atoms with Gasteiger partial charge in [-0.25, -0.2) is 4.79 Å². The van der Waals surface area contributed by atoms with Crippen LogP contribution in [0.5, 0.6) is 0 Å². The maximum Gasteiger partial charge on any atom is 0.407 e. The molecule has 0 heterocycles. The van der Waals surface area contributed by atoms with E-state index in [9.17, 15) is 14.9 Å². The fourth-order valence-electron chi connectivity index (χ4n) is 1.62. The maximum absolute atomic E-state index is 11.5. The quantitative estimate of drug-likeness (QED) is 0.360. The fraction of sp³-hybridized carbons (Fsp3) is 0.500. The summed E-state index contributed by atoms with van der Waals surface area (Å²) in [6, 6.07) is 4.89. The molecule has 0 aliphatic heterocycles. The highest BCUT2D eigenvalue weighted by atomic mass is 32.2. The Kier molecular flexibility index (Phi) is 6.48. The van der Waals surface area contributed by atoms with Crippen molar-refractivity contribution in [3.63, 3.8) is 0 Å². The number of hydrogen-bond donors (Lipinski definition) is 2. The summed E-state index contributed by atoms with van der Waals surface area (Å²) >= 11 is 1.50. The third-order valence-corrected chi connectivity index (χ3v) is 3.23. The Labute approximate surface area is 134 Å². The first-order valence-electron chi connectivity index (χ1n) is 6.76. The predicted octanol–water partition coefficient (Wildman–Crippen LogP) is 3.25. The Morgan fingerprint density at radius 3 is 2.59 bits per heavy atom. The predicted molar refractivity (Wildman–Crippen MR) is 87.6 cm³/mol. The van der Waals surface area contributed by atoms with Gasteiger partial charge in [-0.15, -0.1) is 11.8 Å². The molecule has 0 saturated heterocycles. The fourth-order valence-corrected chi connectivity index (χ4v) is 2.06. The SMILES string of the molecule is CSc1ccc([N+](=O)[O-])c(NCCNC(=O)OC(C)(C)C)c1. The number of ether oxygens (including phenoxy) is 1. The van der Waals surface area contributed by atoms with Crippen LogP contribution in [0.15, 0.2) is 23.1 Å². The second-order valence-corrected chi connectivity index (χ2v) is 6.38. The highest BCUT2D eigenvalue weighted by molar-refractivity contribution is 7.98. The number of nitro benzene ring substituents is 1. The first-order valence-corrected chi connectivity index (χ1v) is 7.98. The average molecular weight is 327 g/mol. The van der Waals surface area contributed by atoms with Crippen LogP contribution in [0.1, 0.15) is 20.8 Å². The number of nitrogens with zero attached hydrogens (tertiary/aromatic N) is 1. The summed E-state index contributed by atoms with van der Waals surface area (Å²) in [5.74, 6) is 0. The number of benzene rings is 1. The summed E-state index contributed by atoms with van der Waals surface area (Å²) in [6.45, 7) is 6.00. The standard InChI is InChI=1S/C14H21N3O4S/c1-14(2,3)21-13(18)16-8-7-15-11-9-10(22-4)5-6-12(11)17(19)20/h5-6,9,15H,7-8H2,1-4H3,(H,16,18). The summed E-state index contributed by atoms with van der Waals surface area (Å²) < 4.78 is 5.10. The molecule has 0 bridgehead atoms. The van der Waals surface area contributed by atoms with Crippen LogP contribution in [0.3, 0.4) is 0 Å². The van der Waals surface area contributed by atoms with Crippen molar-refractivity contribution >= 4 is 29.2 Å². The minimum atomic E-state index is -0.553. The molecule has 0 radical (unpaired) electrons. The van der Waals surface area contributed by atoms with E-state index in [1.165, 1.54) is 17.8 Å². The second kappa shape index (κ2) is 7.88. The van der Waals surface area contributed by atoms with Gasteiger partial charge in [-0.2, -0.15) is 0 Å². The van der Waals surface area contributed by atoms with Crippen LogP contribution in [0.25, 0.3) is 0 Å². The zero-order valence-corrected chi connectivity index (χ0v) is 14.0. The van der Waals surface area contributed by atoms with Crippen molar-refractivity contribution in [2.45, 2.75) is 31.3 Å². The van der Waals surface area contributed by atoms with E-state index < -0.39 is 16.6 Å². The molecule has 0 saturated carbocycles. The van der Waals surface area contributed by atoms with E-state index in [4.69, 9.17) is 4.74 Å². The smallest absolute Gasteiger partial charge is 0.407 e. The van der Waals surface area contributed by atoms with Crippen LogP contribution >= 0.6 is 11.8 Å². The van der Waals surface area contributed by atoms with Gasteiger partial charge in [0.1, 0.15) is 11.3 Å². The highest BCUT2D eigenvalue weighted by Gasteiger charge is 2.16. The number of amides is 1. The topological polar surface area (TPSA) is 93.5 Å². The van der Waals surface area contributed by atoms with Crippen molar-refractivity contribution in [3.8, 4) is 0 Å². The van der Waals surface area contributed by atoms with Crippen molar-refractivity contribution in [2.75, 3.05) is 24.7 Å². The molecule has 0 atom stereocenters. The molecule has 1 amide bonds. The number of nitro groups is 1. The van der Waals surface area contributed by atoms with E-state index in [2.05, 4.69) is 10.6 Å². The lowest BCUT2D eigenvalue weighted by molar-refractivity contribution is -0.384. The van der Waals surface area contributed by atoms with E-state index in [1.54, 1.807) is 32.9 Å². The van der Waals surface area contributed by atoms with Crippen LogP contribution in [-0.2, 0) is 4.74 Å². The normalized spacial score (nSPS) is 10.9. The Bertz CT molecular complexity index is 543. The number of nitrogens with one attached hydrogen (secondary N) is 2. The first-order chi connectivity index (χ1) is 10.2. The zero-order valence-electron chi connectivity index (χ0n) is 13.1. The van der Waals surface area contributed by atoms with E-state index in [-0.39, 0.29) is 5.69 Å². The van der Waals surface area contributed by atoms with E-state index in [0.717, 1.165) is 4.90 Å². The first kappa shape index (κ1) is 18.1. The van der Waals surface area contributed by atoms with Gasteiger partial charge in [-0.1, -0.05) is 0 Å². The van der Waals surface area contributed by atoms with E-state index in [0.29, 0.717) is 18.8 Å². The van der Waals surface area contributed by atoms with E-state index >= 15 is 0 Å². The molecule has 1 rings (SSSR count).